The molecule has 0 amide bonds. The fourth-order valence-electron chi connectivity index (χ4n) is 2.89. The molecule has 4 rings (SSSR count). The Balaban J connectivity index is 1.56. The van der Waals surface area contributed by atoms with Crippen LogP contribution >= 0.6 is 0 Å². The van der Waals surface area contributed by atoms with Crippen LogP contribution < -0.4 is 11.1 Å². The summed E-state index contributed by atoms with van der Waals surface area (Å²) in [5.74, 6) is -0.0443. The van der Waals surface area contributed by atoms with E-state index < -0.39 is 5.76 Å². The first-order valence-electron chi connectivity index (χ1n) is 8.45. The summed E-state index contributed by atoms with van der Waals surface area (Å²) in [6.07, 6.45) is 3.31. The topological polar surface area (TPSA) is 73.0 Å². The van der Waals surface area contributed by atoms with Crippen molar-refractivity contribution in [3.63, 3.8) is 0 Å². The van der Waals surface area contributed by atoms with Crippen molar-refractivity contribution in [1.29, 1.82) is 0 Å². The Kier molecular flexibility index (Phi) is 4.19. The molecule has 27 heavy (non-hydrogen) atoms. The Morgan fingerprint density at radius 1 is 1.11 bits per heavy atom. The molecule has 1 N–H and O–H groups in total. The monoisotopic (exact) mass is 364 g/mol. The van der Waals surface area contributed by atoms with Gasteiger partial charge in [-0.3, -0.25) is 9.55 Å². The molecule has 2 heterocycles. The van der Waals surface area contributed by atoms with E-state index in [0.717, 1.165) is 11.1 Å². The van der Waals surface area contributed by atoms with Crippen LogP contribution in [0.3, 0.4) is 0 Å². The summed E-state index contributed by atoms with van der Waals surface area (Å²) in [6.45, 7) is 1.97. The van der Waals surface area contributed by atoms with E-state index in [0.29, 0.717) is 22.6 Å². The Bertz CT molecular complexity index is 1150. The molecule has 2 aromatic carbocycles. The molecule has 0 saturated carbocycles. The number of halogens is 1. The predicted molar refractivity (Wildman–Crippen MR) is 101 cm³/mol. The van der Waals surface area contributed by atoms with Crippen LogP contribution in [-0.2, 0) is 7.05 Å². The fourth-order valence-corrected chi connectivity index (χ4v) is 2.89. The van der Waals surface area contributed by atoms with Crippen molar-refractivity contribution >= 4 is 16.9 Å². The first-order chi connectivity index (χ1) is 13.0. The molecule has 6 nitrogen and oxygen atoms in total. The Hall–Kier alpha value is -3.48. The summed E-state index contributed by atoms with van der Waals surface area (Å²) in [7, 11) is 1.66. The highest BCUT2D eigenvalue weighted by molar-refractivity contribution is 5.79. The largest absolute Gasteiger partial charge is 0.419 e. The molecular formula is C20H17FN4O2. The molecule has 1 unspecified atom stereocenters. The maximum atomic E-state index is 13.0. The Morgan fingerprint density at radius 3 is 2.59 bits per heavy atom. The second kappa shape index (κ2) is 6.68. The number of nitrogens with zero attached hydrogens (tertiary/aromatic N) is 3. The first kappa shape index (κ1) is 17.0. The number of hydrogen-bond acceptors (Lipinski definition) is 5. The third kappa shape index (κ3) is 3.31. The van der Waals surface area contributed by atoms with Gasteiger partial charge in [-0.1, -0.05) is 12.1 Å². The number of nitrogens with one attached hydrogen (secondary N) is 1. The minimum absolute atomic E-state index is 0.0393. The Labute approximate surface area is 154 Å². The molecule has 0 radical (unpaired) electrons. The first-order valence-corrected chi connectivity index (χ1v) is 8.45. The van der Waals surface area contributed by atoms with Gasteiger partial charge in [-0.05, 0) is 42.8 Å². The minimum atomic E-state index is -0.400. The van der Waals surface area contributed by atoms with Gasteiger partial charge in [-0.25, -0.2) is 14.2 Å². The number of hydrogen-bond donors (Lipinski definition) is 1. The molecule has 0 aliphatic carbocycles. The van der Waals surface area contributed by atoms with Gasteiger partial charge in [-0.2, -0.15) is 0 Å². The zero-order valence-corrected chi connectivity index (χ0v) is 14.8. The van der Waals surface area contributed by atoms with Crippen LogP contribution in [-0.4, -0.2) is 14.5 Å². The maximum absolute atomic E-state index is 13.0. The molecule has 0 spiro atoms. The Morgan fingerprint density at radius 2 is 1.89 bits per heavy atom. The number of anilines is 1. The number of rotatable bonds is 4. The van der Waals surface area contributed by atoms with Gasteiger partial charge in [0.25, 0.3) is 0 Å². The van der Waals surface area contributed by atoms with Crippen molar-refractivity contribution in [2.24, 2.45) is 7.05 Å². The number of aromatic nitrogens is 3. The van der Waals surface area contributed by atoms with Gasteiger partial charge in [0.1, 0.15) is 11.6 Å². The van der Waals surface area contributed by atoms with Crippen LogP contribution in [0.1, 0.15) is 18.5 Å². The number of aryl methyl sites for hydroxylation is 1. The van der Waals surface area contributed by atoms with E-state index in [4.69, 9.17) is 4.42 Å². The molecule has 136 valence electrons. The molecule has 7 heteroatoms. The maximum Gasteiger partial charge on any atom is 0.419 e. The van der Waals surface area contributed by atoms with Crippen molar-refractivity contribution in [2.45, 2.75) is 13.0 Å². The van der Waals surface area contributed by atoms with Gasteiger partial charge in [-0.15, -0.1) is 0 Å². The second-order valence-corrected chi connectivity index (χ2v) is 6.31. The van der Waals surface area contributed by atoms with Crippen LogP contribution in [0.15, 0.2) is 64.1 Å². The van der Waals surface area contributed by atoms with Gasteiger partial charge in [0, 0.05) is 18.7 Å². The zero-order chi connectivity index (χ0) is 19.0. The van der Waals surface area contributed by atoms with Crippen molar-refractivity contribution in [3.8, 4) is 11.3 Å². The van der Waals surface area contributed by atoms with Gasteiger partial charge in [0.15, 0.2) is 5.58 Å². The van der Waals surface area contributed by atoms with Crippen molar-refractivity contribution < 1.29 is 8.81 Å². The van der Waals surface area contributed by atoms with Crippen molar-refractivity contribution in [2.75, 3.05) is 5.32 Å². The van der Waals surface area contributed by atoms with E-state index in [9.17, 15) is 9.18 Å². The van der Waals surface area contributed by atoms with Crippen LogP contribution in [0.5, 0.6) is 0 Å². The summed E-state index contributed by atoms with van der Waals surface area (Å²) in [4.78, 5) is 20.5. The normalized spacial score (nSPS) is 12.3. The molecular weight excluding hydrogens is 347 g/mol. The highest BCUT2D eigenvalue weighted by Crippen LogP contribution is 2.23. The summed E-state index contributed by atoms with van der Waals surface area (Å²) in [5, 5.41) is 3.24. The quantitative estimate of drug-likeness (QED) is 0.594. The highest BCUT2D eigenvalue weighted by Gasteiger charge is 2.10. The molecule has 2 aromatic heterocycles. The zero-order valence-electron chi connectivity index (χ0n) is 14.8. The van der Waals surface area contributed by atoms with E-state index in [1.165, 1.54) is 16.7 Å². The average molecular weight is 364 g/mol. The summed E-state index contributed by atoms with van der Waals surface area (Å²) in [6, 6.07) is 11.7. The van der Waals surface area contributed by atoms with Crippen molar-refractivity contribution in [3.05, 3.63) is 76.8 Å². The molecule has 0 bridgehead atoms. The second-order valence-electron chi connectivity index (χ2n) is 6.31. The molecule has 1 atom stereocenters. The molecule has 0 aliphatic heterocycles. The lowest BCUT2D eigenvalue weighted by Crippen LogP contribution is -2.08. The molecule has 0 saturated heterocycles. The van der Waals surface area contributed by atoms with Gasteiger partial charge < -0.3 is 9.73 Å². The lowest BCUT2D eigenvalue weighted by Gasteiger charge is -2.14. The van der Waals surface area contributed by atoms with Crippen LogP contribution in [0.25, 0.3) is 22.4 Å². The molecule has 0 aliphatic rings. The summed E-state index contributed by atoms with van der Waals surface area (Å²) in [5.41, 5.74) is 3.71. The summed E-state index contributed by atoms with van der Waals surface area (Å²) >= 11 is 0. The van der Waals surface area contributed by atoms with E-state index in [1.807, 2.05) is 19.1 Å². The number of benzene rings is 2. The molecule has 4 aromatic rings. The molecule has 0 fully saturated rings. The summed E-state index contributed by atoms with van der Waals surface area (Å²) < 4.78 is 19.6. The predicted octanol–water partition coefficient (Wildman–Crippen LogP) is 3.90. The average Bonchev–Trinajstić information content (AvgIpc) is 2.96. The third-order valence-electron chi connectivity index (χ3n) is 4.47. The van der Waals surface area contributed by atoms with E-state index >= 15 is 0 Å². The van der Waals surface area contributed by atoms with Gasteiger partial charge >= 0.3 is 5.76 Å². The highest BCUT2D eigenvalue weighted by atomic mass is 19.1. The number of oxazole rings is 1. The minimum Gasteiger partial charge on any atom is -0.408 e. The van der Waals surface area contributed by atoms with Crippen LogP contribution in [0, 0.1) is 5.82 Å². The smallest absolute Gasteiger partial charge is 0.408 e. The number of fused-ring (bicyclic) bond motifs is 1. The lowest BCUT2D eigenvalue weighted by molar-refractivity contribution is 0.528. The van der Waals surface area contributed by atoms with Crippen molar-refractivity contribution in [1.82, 2.24) is 14.5 Å². The standard InChI is InChI=1S/C20H17FN4O2/c1-12(13-3-6-15(21)7-4-13)24-19-11-22-16(10-23-19)14-5-8-18-17(9-14)25(2)20(26)27-18/h3-12H,1-2H3,(H,23,24). The lowest BCUT2D eigenvalue weighted by atomic mass is 10.1. The van der Waals surface area contributed by atoms with Gasteiger partial charge in [0.05, 0.1) is 23.6 Å². The third-order valence-corrected chi connectivity index (χ3v) is 4.47. The van der Waals surface area contributed by atoms with Crippen LogP contribution in [0.4, 0.5) is 10.2 Å². The van der Waals surface area contributed by atoms with E-state index in [2.05, 4.69) is 15.3 Å². The van der Waals surface area contributed by atoms with E-state index in [1.54, 1.807) is 37.6 Å². The van der Waals surface area contributed by atoms with E-state index in [-0.39, 0.29) is 11.9 Å². The SMILES string of the molecule is CC(Nc1cnc(-c2ccc3oc(=O)n(C)c3c2)cn1)c1ccc(F)cc1. The van der Waals surface area contributed by atoms with Crippen LogP contribution in [0.2, 0.25) is 0 Å². The fraction of sp³-hybridized carbons (Fsp3) is 0.150. The van der Waals surface area contributed by atoms with Gasteiger partial charge in [0.2, 0.25) is 0 Å².